The Labute approximate surface area is 110 Å². The molecule has 0 heterocycles. The maximum Gasteiger partial charge on any atom is 0.101 e. The van der Waals surface area contributed by atoms with Crippen LogP contribution in [0.1, 0.15) is 32.3 Å². The predicted octanol–water partition coefficient (Wildman–Crippen LogP) is 2.84. The van der Waals surface area contributed by atoms with E-state index in [0.717, 1.165) is 25.9 Å². The molecule has 1 atom stereocenters. The van der Waals surface area contributed by atoms with E-state index in [2.05, 4.69) is 49.1 Å². The van der Waals surface area contributed by atoms with E-state index in [-0.39, 0.29) is 0 Å². The van der Waals surface area contributed by atoms with E-state index in [0.29, 0.717) is 0 Å². The zero-order valence-electron chi connectivity index (χ0n) is 11.6. The van der Waals surface area contributed by atoms with E-state index < -0.39 is 5.54 Å². The minimum atomic E-state index is -0.703. The highest BCUT2D eigenvalue weighted by Gasteiger charge is 2.17. The zero-order valence-corrected chi connectivity index (χ0v) is 11.6. The van der Waals surface area contributed by atoms with Gasteiger partial charge in [0.25, 0.3) is 0 Å². The van der Waals surface area contributed by atoms with E-state index >= 15 is 0 Å². The van der Waals surface area contributed by atoms with Crippen LogP contribution in [-0.4, -0.2) is 18.6 Å². The monoisotopic (exact) mass is 245 g/mol. The molecule has 2 N–H and O–H groups in total. The van der Waals surface area contributed by atoms with Crippen molar-refractivity contribution in [1.29, 1.82) is 5.26 Å². The number of nitrogens with two attached hydrogens (primary N) is 1. The summed E-state index contributed by atoms with van der Waals surface area (Å²) in [5.74, 6) is 0. The highest BCUT2D eigenvalue weighted by molar-refractivity contribution is 5.52. The summed E-state index contributed by atoms with van der Waals surface area (Å²) in [4.78, 5) is 2.34. The topological polar surface area (TPSA) is 53.0 Å². The molecule has 98 valence electrons. The van der Waals surface area contributed by atoms with E-state index in [1.165, 1.54) is 11.3 Å². The molecule has 0 bridgehead atoms. The molecular weight excluding hydrogens is 222 g/mol. The third-order valence-electron chi connectivity index (χ3n) is 3.22. The second-order valence-electron chi connectivity index (χ2n) is 5.00. The van der Waals surface area contributed by atoms with Crippen LogP contribution in [0, 0.1) is 18.3 Å². The SMILES string of the molecule is CCN(CCCC(C)(N)C#N)c1ccccc1C. The summed E-state index contributed by atoms with van der Waals surface area (Å²) < 4.78 is 0. The van der Waals surface area contributed by atoms with Gasteiger partial charge in [-0.3, -0.25) is 0 Å². The first-order chi connectivity index (χ1) is 8.50. The van der Waals surface area contributed by atoms with Gasteiger partial charge in [-0.1, -0.05) is 18.2 Å². The van der Waals surface area contributed by atoms with Crippen molar-refractivity contribution < 1.29 is 0 Å². The normalized spacial score (nSPS) is 13.7. The minimum Gasteiger partial charge on any atom is -0.372 e. The number of hydrogen-bond acceptors (Lipinski definition) is 3. The average Bonchev–Trinajstić information content (AvgIpc) is 2.36. The molecule has 1 aromatic carbocycles. The lowest BCUT2D eigenvalue weighted by Gasteiger charge is -2.26. The van der Waals surface area contributed by atoms with E-state index in [1.54, 1.807) is 6.92 Å². The van der Waals surface area contributed by atoms with Crippen molar-refractivity contribution in [1.82, 2.24) is 0 Å². The van der Waals surface area contributed by atoms with Crippen LogP contribution in [-0.2, 0) is 0 Å². The lowest BCUT2D eigenvalue weighted by atomic mass is 9.99. The van der Waals surface area contributed by atoms with Gasteiger partial charge in [-0.25, -0.2) is 0 Å². The second kappa shape index (κ2) is 6.42. The van der Waals surface area contributed by atoms with Gasteiger partial charge in [0.05, 0.1) is 6.07 Å². The van der Waals surface area contributed by atoms with Gasteiger partial charge in [0.15, 0.2) is 0 Å². The third-order valence-corrected chi connectivity index (χ3v) is 3.22. The first kappa shape index (κ1) is 14.5. The standard InChI is InChI=1S/C15H23N3/c1-4-18(11-7-10-15(3,17)12-16)14-9-6-5-8-13(14)2/h5-6,8-9H,4,7,10-11,17H2,1-3H3. The van der Waals surface area contributed by atoms with Gasteiger partial charge >= 0.3 is 0 Å². The summed E-state index contributed by atoms with van der Waals surface area (Å²) in [6.45, 7) is 7.98. The molecule has 1 aromatic rings. The van der Waals surface area contributed by atoms with E-state index in [1.807, 2.05) is 0 Å². The molecule has 3 nitrogen and oxygen atoms in total. The Balaban J connectivity index is 2.59. The van der Waals surface area contributed by atoms with Crippen LogP contribution >= 0.6 is 0 Å². The van der Waals surface area contributed by atoms with Crippen LogP contribution in [0.4, 0.5) is 5.69 Å². The van der Waals surface area contributed by atoms with E-state index in [9.17, 15) is 0 Å². The Hall–Kier alpha value is -1.53. The Morgan fingerprint density at radius 3 is 2.61 bits per heavy atom. The number of anilines is 1. The van der Waals surface area contributed by atoms with Crippen molar-refractivity contribution >= 4 is 5.69 Å². The number of hydrogen-bond donors (Lipinski definition) is 1. The Morgan fingerprint density at radius 1 is 1.39 bits per heavy atom. The molecule has 0 amide bonds. The van der Waals surface area contributed by atoms with Crippen molar-refractivity contribution in [3.05, 3.63) is 29.8 Å². The fourth-order valence-electron chi connectivity index (χ4n) is 2.06. The number of nitrogens with zero attached hydrogens (tertiary/aromatic N) is 2. The number of rotatable bonds is 6. The lowest BCUT2D eigenvalue weighted by Crippen LogP contribution is -2.35. The van der Waals surface area contributed by atoms with Crippen molar-refractivity contribution in [2.45, 2.75) is 39.2 Å². The highest BCUT2D eigenvalue weighted by atomic mass is 15.1. The first-order valence-corrected chi connectivity index (χ1v) is 6.51. The van der Waals surface area contributed by atoms with Crippen LogP contribution in [0.25, 0.3) is 0 Å². The molecule has 3 heteroatoms. The smallest absolute Gasteiger partial charge is 0.101 e. The molecule has 0 aliphatic rings. The van der Waals surface area contributed by atoms with E-state index in [4.69, 9.17) is 11.0 Å². The summed E-state index contributed by atoms with van der Waals surface area (Å²) in [6, 6.07) is 10.5. The Morgan fingerprint density at radius 2 is 2.06 bits per heavy atom. The number of benzene rings is 1. The van der Waals surface area contributed by atoms with Crippen molar-refractivity contribution in [3.8, 4) is 6.07 Å². The minimum absolute atomic E-state index is 0.703. The summed E-state index contributed by atoms with van der Waals surface area (Å²) >= 11 is 0. The van der Waals surface area contributed by atoms with Crippen molar-refractivity contribution in [2.75, 3.05) is 18.0 Å². The average molecular weight is 245 g/mol. The van der Waals surface area contributed by atoms with Crippen LogP contribution in [0.15, 0.2) is 24.3 Å². The molecule has 0 radical (unpaired) electrons. The molecule has 0 spiro atoms. The third kappa shape index (κ3) is 4.05. The van der Waals surface area contributed by atoms with Crippen LogP contribution < -0.4 is 10.6 Å². The fourth-order valence-corrected chi connectivity index (χ4v) is 2.06. The van der Waals surface area contributed by atoms with Gasteiger partial charge in [0, 0.05) is 18.8 Å². The molecule has 1 rings (SSSR count). The molecule has 0 aromatic heterocycles. The van der Waals surface area contributed by atoms with Crippen molar-refractivity contribution in [2.24, 2.45) is 5.73 Å². The molecule has 0 saturated carbocycles. The Kier molecular flexibility index (Phi) is 5.18. The largest absolute Gasteiger partial charge is 0.372 e. The van der Waals surface area contributed by atoms with Crippen LogP contribution in [0.5, 0.6) is 0 Å². The number of aryl methyl sites for hydroxylation is 1. The molecule has 18 heavy (non-hydrogen) atoms. The van der Waals surface area contributed by atoms with Gasteiger partial charge < -0.3 is 10.6 Å². The molecule has 0 aliphatic heterocycles. The van der Waals surface area contributed by atoms with Gasteiger partial charge in [-0.05, 0) is 45.2 Å². The number of para-hydroxylation sites is 1. The second-order valence-corrected chi connectivity index (χ2v) is 5.00. The maximum absolute atomic E-state index is 8.89. The first-order valence-electron chi connectivity index (χ1n) is 6.51. The quantitative estimate of drug-likeness (QED) is 0.838. The fraction of sp³-hybridized carbons (Fsp3) is 0.533. The maximum atomic E-state index is 8.89. The number of nitriles is 1. The molecular formula is C15H23N3. The van der Waals surface area contributed by atoms with Gasteiger partial charge in [-0.2, -0.15) is 5.26 Å². The van der Waals surface area contributed by atoms with Crippen LogP contribution in [0.2, 0.25) is 0 Å². The van der Waals surface area contributed by atoms with Crippen LogP contribution in [0.3, 0.4) is 0 Å². The highest BCUT2D eigenvalue weighted by Crippen LogP contribution is 2.20. The molecule has 1 unspecified atom stereocenters. The summed E-state index contributed by atoms with van der Waals surface area (Å²) in [6.07, 6.45) is 1.66. The summed E-state index contributed by atoms with van der Waals surface area (Å²) in [5.41, 5.74) is 7.69. The Bertz CT molecular complexity index is 418. The lowest BCUT2D eigenvalue weighted by molar-refractivity contribution is 0.519. The predicted molar refractivity (Wildman–Crippen MR) is 76.5 cm³/mol. The summed E-state index contributed by atoms with van der Waals surface area (Å²) in [7, 11) is 0. The molecule has 0 saturated heterocycles. The molecule has 0 aliphatic carbocycles. The van der Waals surface area contributed by atoms with Gasteiger partial charge in [-0.15, -0.1) is 0 Å². The molecule has 0 fully saturated rings. The van der Waals surface area contributed by atoms with Gasteiger partial charge in [0.1, 0.15) is 5.54 Å². The summed E-state index contributed by atoms with van der Waals surface area (Å²) in [5, 5.41) is 8.89. The van der Waals surface area contributed by atoms with Crippen molar-refractivity contribution in [3.63, 3.8) is 0 Å². The zero-order chi connectivity index (χ0) is 13.6. The van der Waals surface area contributed by atoms with Gasteiger partial charge in [0.2, 0.25) is 0 Å².